The molecule has 4 nitrogen and oxygen atoms in total. The molecule has 1 N–H and O–H groups in total. The van der Waals surface area contributed by atoms with Gasteiger partial charge in [-0.2, -0.15) is 0 Å². The van der Waals surface area contributed by atoms with Crippen LogP contribution in [0.5, 0.6) is 0 Å². The van der Waals surface area contributed by atoms with Crippen molar-refractivity contribution in [2.75, 3.05) is 0 Å². The van der Waals surface area contributed by atoms with Gasteiger partial charge in [-0.25, -0.2) is 8.42 Å². The molecular formula is C16H16N2O2S. The van der Waals surface area contributed by atoms with Crippen molar-refractivity contribution in [1.82, 2.24) is 4.72 Å². The summed E-state index contributed by atoms with van der Waals surface area (Å²) in [7, 11) is -3.47. The van der Waals surface area contributed by atoms with Crippen LogP contribution in [0, 0.1) is 0 Å². The molecule has 0 spiro atoms. The highest BCUT2D eigenvalue weighted by atomic mass is 32.2. The summed E-state index contributed by atoms with van der Waals surface area (Å²) in [6.07, 6.45) is 0.803. The highest BCUT2D eigenvalue weighted by Crippen LogP contribution is 2.26. The van der Waals surface area contributed by atoms with Gasteiger partial charge in [-0.05, 0) is 24.1 Å². The Labute approximate surface area is 124 Å². The van der Waals surface area contributed by atoms with Crippen molar-refractivity contribution in [2.45, 2.75) is 24.3 Å². The SMILES string of the molecule is CC[C@H](N=C1NS(=O)(=O)c2ccccc21)c1ccccc1. The van der Waals surface area contributed by atoms with Gasteiger partial charge in [-0.1, -0.05) is 49.4 Å². The van der Waals surface area contributed by atoms with Gasteiger partial charge in [-0.15, -0.1) is 0 Å². The zero-order chi connectivity index (χ0) is 14.9. The van der Waals surface area contributed by atoms with Gasteiger partial charge in [-0.3, -0.25) is 9.71 Å². The van der Waals surface area contributed by atoms with Crippen LogP contribution in [0.25, 0.3) is 0 Å². The fourth-order valence-electron chi connectivity index (χ4n) is 2.46. The molecule has 0 saturated carbocycles. The molecule has 2 aromatic rings. The fourth-order valence-corrected chi connectivity index (χ4v) is 3.70. The van der Waals surface area contributed by atoms with Gasteiger partial charge in [0.05, 0.1) is 10.9 Å². The molecule has 0 bridgehead atoms. The lowest BCUT2D eigenvalue weighted by atomic mass is 10.1. The predicted octanol–water partition coefficient (Wildman–Crippen LogP) is 2.88. The monoisotopic (exact) mass is 300 g/mol. The molecule has 1 atom stereocenters. The predicted molar refractivity (Wildman–Crippen MR) is 82.8 cm³/mol. The number of benzene rings is 2. The van der Waals surface area contributed by atoms with Gasteiger partial charge < -0.3 is 0 Å². The van der Waals surface area contributed by atoms with Crippen molar-refractivity contribution in [3.8, 4) is 0 Å². The van der Waals surface area contributed by atoms with Crippen molar-refractivity contribution in [3.05, 3.63) is 65.7 Å². The molecule has 21 heavy (non-hydrogen) atoms. The minimum Gasteiger partial charge on any atom is -0.263 e. The van der Waals surface area contributed by atoms with E-state index in [9.17, 15) is 8.42 Å². The Kier molecular flexibility index (Phi) is 3.51. The Morgan fingerprint density at radius 3 is 2.43 bits per heavy atom. The van der Waals surface area contributed by atoms with Crippen molar-refractivity contribution in [2.24, 2.45) is 4.99 Å². The van der Waals surface area contributed by atoms with E-state index in [4.69, 9.17) is 0 Å². The Balaban J connectivity index is 2.05. The Bertz CT molecular complexity index is 783. The molecular weight excluding hydrogens is 284 g/mol. The van der Waals surface area contributed by atoms with Crippen LogP contribution in [0.15, 0.2) is 64.5 Å². The number of nitrogens with zero attached hydrogens (tertiary/aromatic N) is 1. The van der Waals surface area contributed by atoms with E-state index in [1.807, 2.05) is 43.3 Å². The van der Waals surface area contributed by atoms with Gasteiger partial charge >= 0.3 is 0 Å². The molecule has 0 radical (unpaired) electrons. The third-order valence-corrected chi connectivity index (χ3v) is 4.92. The van der Waals surface area contributed by atoms with E-state index in [-0.39, 0.29) is 6.04 Å². The van der Waals surface area contributed by atoms with Gasteiger partial charge in [0, 0.05) is 5.56 Å². The topological polar surface area (TPSA) is 58.5 Å². The first-order valence-corrected chi connectivity index (χ1v) is 8.35. The maximum Gasteiger partial charge on any atom is 0.263 e. The number of hydrogen-bond acceptors (Lipinski definition) is 3. The smallest absolute Gasteiger partial charge is 0.263 e. The quantitative estimate of drug-likeness (QED) is 0.947. The summed E-state index contributed by atoms with van der Waals surface area (Å²) in [5.74, 6) is 0.432. The third-order valence-electron chi connectivity index (χ3n) is 3.52. The number of hydrogen-bond donors (Lipinski definition) is 1. The van der Waals surface area contributed by atoms with Crippen molar-refractivity contribution < 1.29 is 8.42 Å². The first-order chi connectivity index (χ1) is 10.1. The standard InChI is InChI=1S/C16H16N2O2S/c1-2-14(12-8-4-3-5-9-12)17-16-13-10-6-7-11-15(13)21(19,20)18-16/h3-11,14H,2H2,1H3,(H,17,18)/t14-/m0/s1. The second-order valence-corrected chi connectivity index (χ2v) is 6.56. The van der Waals surface area contributed by atoms with Crippen LogP contribution >= 0.6 is 0 Å². The maximum atomic E-state index is 12.1. The van der Waals surface area contributed by atoms with Gasteiger partial charge in [0.15, 0.2) is 0 Å². The maximum absolute atomic E-state index is 12.1. The van der Waals surface area contributed by atoms with Crippen molar-refractivity contribution in [3.63, 3.8) is 0 Å². The average Bonchev–Trinajstić information content (AvgIpc) is 2.77. The molecule has 1 heterocycles. The van der Waals surface area contributed by atoms with E-state index in [0.717, 1.165) is 12.0 Å². The van der Waals surface area contributed by atoms with Crippen LogP contribution in [0.1, 0.15) is 30.5 Å². The second kappa shape index (κ2) is 5.33. The summed E-state index contributed by atoms with van der Waals surface area (Å²) in [6, 6.07) is 16.8. The molecule has 0 amide bonds. The zero-order valence-electron chi connectivity index (χ0n) is 11.7. The molecule has 2 aromatic carbocycles. The molecule has 0 fully saturated rings. The Hall–Kier alpha value is -2.14. The first-order valence-electron chi connectivity index (χ1n) is 6.87. The Morgan fingerprint density at radius 1 is 1.05 bits per heavy atom. The van der Waals surface area contributed by atoms with Crippen LogP contribution in [0.3, 0.4) is 0 Å². The van der Waals surface area contributed by atoms with E-state index < -0.39 is 10.0 Å². The average molecular weight is 300 g/mol. The molecule has 0 aromatic heterocycles. The number of amidine groups is 1. The van der Waals surface area contributed by atoms with E-state index in [1.165, 1.54) is 0 Å². The lowest BCUT2D eigenvalue weighted by Crippen LogP contribution is -2.22. The summed E-state index contributed by atoms with van der Waals surface area (Å²) < 4.78 is 26.7. The third kappa shape index (κ3) is 2.56. The van der Waals surface area contributed by atoms with Crippen molar-refractivity contribution >= 4 is 15.9 Å². The Morgan fingerprint density at radius 2 is 1.71 bits per heavy atom. The molecule has 108 valence electrons. The summed E-state index contributed by atoms with van der Waals surface area (Å²) in [5, 5.41) is 0. The minimum atomic E-state index is -3.47. The van der Waals surface area contributed by atoms with Crippen LogP contribution in [0.2, 0.25) is 0 Å². The van der Waals surface area contributed by atoms with Gasteiger partial charge in [0.25, 0.3) is 10.0 Å². The normalized spacial score (nSPS) is 19.0. The number of nitrogens with one attached hydrogen (secondary N) is 1. The molecule has 1 aliphatic heterocycles. The largest absolute Gasteiger partial charge is 0.263 e. The van der Waals surface area contributed by atoms with Crippen LogP contribution in [-0.4, -0.2) is 14.3 Å². The van der Waals surface area contributed by atoms with Crippen LogP contribution < -0.4 is 4.72 Å². The molecule has 3 rings (SSSR count). The summed E-state index contributed by atoms with van der Waals surface area (Å²) >= 11 is 0. The zero-order valence-corrected chi connectivity index (χ0v) is 12.5. The lowest BCUT2D eigenvalue weighted by molar-refractivity contribution is 0.594. The van der Waals surface area contributed by atoms with Crippen LogP contribution in [-0.2, 0) is 10.0 Å². The fraction of sp³-hybridized carbons (Fsp3) is 0.188. The lowest BCUT2D eigenvalue weighted by Gasteiger charge is -2.11. The highest BCUT2D eigenvalue weighted by Gasteiger charge is 2.30. The summed E-state index contributed by atoms with van der Waals surface area (Å²) in [4.78, 5) is 4.93. The molecule has 1 aliphatic rings. The highest BCUT2D eigenvalue weighted by molar-refractivity contribution is 7.90. The second-order valence-electron chi connectivity index (χ2n) is 4.91. The molecule has 5 heteroatoms. The van der Waals surface area contributed by atoms with Gasteiger partial charge in [0.1, 0.15) is 5.84 Å². The number of aliphatic imine (C=N–C) groups is 1. The van der Waals surface area contributed by atoms with Crippen molar-refractivity contribution in [1.29, 1.82) is 0 Å². The van der Waals surface area contributed by atoms with E-state index in [2.05, 4.69) is 9.71 Å². The van der Waals surface area contributed by atoms with E-state index in [0.29, 0.717) is 16.3 Å². The number of rotatable bonds is 3. The summed E-state index contributed by atoms with van der Waals surface area (Å²) in [5.41, 5.74) is 1.72. The van der Waals surface area contributed by atoms with E-state index >= 15 is 0 Å². The number of sulfonamides is 1. The summed E-state index contributed by atoms with van der Waals surface area (Å²) in [6.45, 7) is 2.04. The minimum absolute atomic E-state index is 0.0601. The molecule has 0 unspecified atom stereocenters. The number of fused-ring (bicyclic) bond motifs is 1. The molecule has 0 aliphatic carbocycles. The molecule has 0 saturated heterocycles. The van der Waals surface area contributed by atoms with E-state index in [1.54, 1.807) is 18.2 Å². The van der Waals surface area contributed by atoms with Gasteiger partial charge in [0.2, 0.25) is 0 Å². The van der Waals surface area contributed by atoms with Crippen LogP contribution in [0.4, 0.5) is 0 Å². The first kappa shape index (κ1) is 13.8.